The summed E-state index contributed by atoms with van der Waals surface area (Å²) in [4.78, 5) is 11.1. The van der Waals surface area contributed by atoms with E-state index in [0.29, 0.717) is 18.1 Å². The van der Waals surface area contributed by atoms with Crippen LogP contribution in [0.5, 0.6) is 0 Å². The van der Waals surface area contributed by atoms with Crippen molar-refractivity contribution in [1.29, 1.82) is 0 Å². The minimum absolute atomic E-state index is 0.335. The Bertz CT molecular complexity index is 369. The van der Waals surface area contributed by atoms with Gasteiger partial charge in [-0.05, 0) is 10.4 Å². The molecule has 1 aromatic heterocycles. The molecule has 0 amide bonds. The van der Waals surface area contributed by atoms with Crippen LogP contribution in [0, 0.1) is 0 Å². The highest BCUT2D eigenvalue weighted by molar-refractivity contribution is 5.89. The lowest BCUT2D eigenvalue weighted by molar-refractivity contribution is -0.136. The summed E-state index contributed by atoms with van der Waals surface area (Å²) in [5.74, 6) is 0.140. The zero-order chi connectivity index (χ0) is 9.26. The monoisotopic (exact) mass is 181 g/mol. The van der Waals surface area contributed by atoms with Gasteiger partial charge in [0.15, 0.2) is 0 Å². The number of carbonyl (C=O) groups excluding carboxylic acids is 1. The molecule has 0 aliphatic carbocycles. The van der Waals surface area contributed by atoms with E-state index in [9.17, 15) is 4.79 Å². The average molecular weight is 181 g/mol. The minimum atomic E-state index is -0.381. The summed E-state index contributed by atoms with van der Waals surface area (Å²) < 4.78 is 6.03. The first kappa shape index (κ1) is 7.71. The molecule has 2 rings (SSSR count). The zero-order valence-corrected chi connectivity index (χ0v) is 6.89. The number of carbonyl (C=O) groups is 1. The van der Waals surface area contributed by atoms with E-state index >= 15 is 0 Å². The Hall–Kier alpha value is -1.92. The molecule has 0 saturated carbocycles. The topological polar surface area (TPSA) is 81.9 Å². The van der Waals surface area contributed by atoms with E-state index in [2.05, 4.69) is 25.6 Å². The van der Waals surface area contributed by atoms with Crippen molar-refractivity contribution in [2.45, 2.75) is 6.54 Å². The van der Waals surface area contributed by atoms with Crippen molar-refractivity contribution >= 4 is 11.9 Å². The molecule has 0 saturated heterocycles. The minimum Gasteiger partial charge on any atom is -0.466 e. The highest BCUT2D eigenvalue weighted by Crippen LogP contribution is 2.11. The molecule has 1 aliphatic rings. The third-order valence-electron chi connectivity index (χ3n) is 1.68. The van der Waals surface area contributed by atoms with Crippen molar-refractivity contribution in [3.63, 3.8) is 0 Å². The maximum Gasteiger partial charge on any atom is 0.337 e. The van der Waals surface area contributed by atoms with Crippen LogP contribution in [0.2, 0.25) is 0 Å². The smallest absolute Gasteiger partial charge is 0.337 e. The standard InChI is InChI=1S/C6H7N5O2/c1-13-5(12)4-2-7-6-8-9-10-11(6)3-4/h2H,3H2,1H3,(H,7,8,10). The molecule has 0 bridgehead atoms. The fourth-order valence-electron chi connectivity index (χ4n) is 1.03. The van der Waals surface area contributed by atoms with Gasteiger partial charge in [-0.1, -0.05) is 5.10 Å². The highest BCUT2D eigenvalue weighted by atomic mass is 16.5. The number of anilines is 1. The average Bonchev–Trinajstić information content (AvgIpc) is 2.63. The summed E-state index contributed by atoms with van der Waals surface area (Å²) in [6.07, 6.45) is 1.54. The van der Waals surface area contributed by atoms with Crippen LogP contribution in [0.3, 0.4) is 0 Å². The molecule has 0 unspecified atom stereocenters. The van der Waals surface area contributed by atoms with Crippen LogP contribution in [0.15, 0.2) is 11.8 Å². The lowest BCUT2D eigenvalue weighted by Gasteiger charge is -2.11. The summed E-state index contributed by atoms with van der Waals surface area (Å²) in [6.45, 7) is 0.335. The van der Waals surface area contributed by atoms with Gasteiger partial charge in [0.05, 0.1) is 19.2 Å². The molecule has 7 heteroatoms. The number of hydrogen-bond acceptors (Lipinski definition) is 6. The van der Waals surface area contributed by atoms with Crippen molar-refractivity contribution < 1.29 is 9.53 Å². The normalized spacial score (nSPS) is 14.1. The molecule has 0 fully saturated rings. The van der Waals surface area contributed by atoms with E-state index in [1.807, 2.05) is 0 Å². The number of esters is 1. The summed E-state index contributed by atoms with van der Waals surface area (Å²) in [6, 6.07) is 0. The molecule has 0 aromatic carbocycles. The van der Waals surface area contributed by atoms with E-state index in [-0.39, 0.29) is 5.97 Å². The molecule has 0 atom stereocenters. The van der Waals surface area contributed by atoms with Crippen LogP contribution in [0.1, 0.15) is 0 Å². The van der Waals surface area contributed by atoms with E-state index in [0.717, 1.165) is 0 Å². The number of hydrogen-bond donors (Lipinski definition) is 1. The Morgan fingerprint density at radius 2 is 2.62 bits per heavy atom. The van der Waals surface area contributed by atoms with E-state index < -0.39 is 0 Å². The number of tetrazole rings is 1. The predicted octanol–water partition coefficient (Wildman–Crippen LogP) is -0.845. The van der Waals surface area contributed by atoms with Gasteiger partial charge in [-0.25, -0.2) is 9.48 Å². The van der Waals surface area contributed by atoms with E-state index in [4.69, 9.17) is 0 Å². The fourth-order valence-corrected chi connectivity index (χ4v) is 1.03. The lowest BCUT2D eigenvalue weighted by Crippen LogP contribution is -2.19. The highest BCUT2D eigenvalue weighted by Gasteiger charge is 2.18. The Balaban J connectivity index is 2.21. The van der Waals surface area contributed by atoms with Crippen LogP contribution in [-0.2, 0) is 16.1 Å². The van der Waals surface area contributed by atoms with Crippen LogP contribution in [0.25, 0.3) is 0 Å². The molecule has 1 aromatic rings. The molecule has 13 heavy (non-hydrogen) atoms. The zero-order valence-electron chi connectivity index (χ0n) is 6.89. The van der Waals surface area contributed by atoms with Crippen molar-refractivity contribution in [3.8, 4) is 0 Å². The lowest BCUT2D eigenvalue weighted by atomic mass is 10.3. The number of rotatable bonds is 1. The van der Waals surface area contributed by atoms with Crippen molar-refractivity contribution in [1.82, 2.24) is 20.2 Å². The summed E-state index contributed by atoms with van der Waals surface area (Å²) in [7, 11) is 1.33. The first-order chi connectivity index (χ1) is 6.31. The van der Waals surface area contributed by atoms with Gasteiger partial charge >= 0.3 is 5.97 Å². The summed E-state index contributed by atoms with van der Waals surface area (Å²) >= 11 is 0. The van der Waals surface area contributed by atoms with Crippen LogP contribution in [-0.4, -0.2) is 33.3 Å². The second-order valence-corrected chi connectivity index (χ2v) is 2.47. The Kier molecular flexibility index (Phi) is 1.69. The van der Waals surface area contributed by atoms with Gasteiger partial charge in [-0.15, -0.1) is 0 Å². The Labute approximate surface area is 73.4 Å². The van der Waals surface area contributed by atoms with Gasteiger partial charge in [0.2, 0.25) is 5.95 Å². The van der Waals surface area contributed by atoms with Crippen molar-refractivity contribution in [3.05, 3.63) is 11.8 Å². The third-order valence-corrected chi connectivity index (χ3v) is 1.68. The van der Waals surface area contributed by atoms with Gasteiger partial charge in [-0.3, -0.25) is 0 Å². The molecule has 0 spiro atoms. The van der Waals surface area contributed by atoms with Crippen LogP contribution >= 0.6 is 0 Å². The maximum atomic E-state index is 11.1. The number of nitrogens with one attached hydrogen (secondary N) is 1. The van der Waals surface area contributed by atoms with Crippen LogP contribution in [0.4, 0.5) is 5.95 Å². The molecule has 0 radical (unpaired) electrons. The molecular formula is C6H7N5O2. The van der Waals surface area contributed by atoms with Gasteiger partial charge in [-0.2, -0.15) is 0 Å². The number of fused-ring (bicyclic) bond motifs is 1. The molecule has 68 valence electrons. The quantitative estimate of drug-likeness (QED) is 0.568. The van der Waals surface area contributed by atoms with E-state index in [1.54, 1.807) is 0 Å². The number of methoxy groups -OCH3 is 1. The molecule has 1 N–H and O–H groups in total. The third kappa shape index (κ3) is 1.24. The fraction of sp³-hybridized carbons (Fsp3) is 0.333. The van der Waals surface area contributed by atoms with Gasteiger partial charge < -0.3 is 10.1 Å². The Morgan fingerprint density at radius 1 is 1.77 bits per heavy atom. The predicted molar refractivity (Wildman–Crippen MR) is 41.5 cm³/mol. The number of aromatic nitrogens is 4. The first-order valence-electron chi connectivity index (χ1n) is 3.61. The van der Waals surface area contributed by atoms with Gasteiger partial charge in [0.1, 0.15) is 0 Å². The number of nitrogens with zero attached hydrogens (tertiary/aromatic N) is 4. The molecule has 2 heterocycles. The Morgan fingerprint density at radius 3 is 3.38 bits per heavy atom. The van der Waals surface area contributed by atoms with Crippen LogP contribution < -0.4 is 5.32 Å². The van der Waals surface area contributed by atoms with Crippen molar-refractivity contribution in [2.24, 2.45) is 0 Å². The maximum absolute atomic E-state index is 11.1. The van der Waals surface area contributed by atoms with E-state index in [1.165, 1.54) is 18.0 Å². The van der Waals surface area contributed by atoms with Gasteiger partial charge in [0, 0.05) is 6.20 Å². The van der Waals surface area contributed by atoms with Gasteiger partial charge in [0.25, 0.3) is 0 Å². The summed E-state index contributed by atoms with van der Waals surface area (Å²) in [5, 5.41) is 13.5. The molecular weight excluding hydrogens is 174 g/mol. The second-order valence-electron chi connectivity index (χ2n) is 2.47. The number of ether oxygens (including phenoxy) is 1. The molecule has 7 nitrogen and oxygen atoms in total. The largest absolute Gasteiger partial charge is 0.466 e. The molecule has 1 aliphatic heterocycles. The summed E-state index contributed by atoms with van der Waals surface area (Å²) in [5.41, 5.74) is 0.488. The van der Waals surface area contributed by atoms with Crippen molar-refractivity contribution in [2.75, 3.05) is 12.4 Å². The first-order valence-corrected chi connectivity index (χ1v) is 3.61. The SMILES string of the molecule is COC(=O)C1=CNc2nnnn2C1. The second kappa shape index (κ2) is 2.85.